The largest absolute Gasteiger partial charge is 0.416 e. The minimum absolute atomic E-state index is 0.0549. The van der Waals surface area contributed by atoms with Gasteiger partial charge in [0.15, 0.2) is 0 Å². The van der Waals surface area contributed by atoms with Crippen molar-refractivity contribution in [2.75, 3.05) is 0 Å². The molecule has 0 amide bonds. The Morgan fingerprint density at radius 1 is 1.25 bits per heavy atom. The number of alkyl halides is 3. The first-order chi connectivity index (χ1) is 7.48. The maximum Gasteiger partial charge on any atom is 0.416 e. The van der Waals surface area contributed by atoms with Crippen molar-refractivity contribution in [2.45, 2.75) is 31.4 Å². The molecule has 1 saturated carbocycles. The summed E-state index contributed by atoms with van der Waals surface area (Å²) in [6.07, 6.45) is -2.40. The summed E-state index contributed by atoms with van der Waals surface area (Å²) >= 11 is 0. The first-order valence-corrected chi connectivity index (χ1v) is 5.18. The fraction of sp³-hybridized carbons (Fsp3) is 0.417. The molecule has 1 aromatic rings. The fourth-order valence-corrected chi connectivity index (χ4v) is 2.10. The predicted octanol–water partition coefficient (Wildman–Crippen LogP) is 3.54. The van der Waals surface area contributed by atoms with Crippen molar-refractivity contribution in [2.24, 2.45) is 0 Å². The van der Waals surface area contributed by atoms with Crippen molar-refractivity contribution in [3.8, 4) is 0 Å². The number of carbonyl (C=O) groups is 1. The molecule has 0 aliphatic heterocycles. The van der Waals surface area contributed by atoms with Gasteiger partial charge in [-0.15, -0.1) is 0 Å². The number of benzene rings is 1. The van der Waals surface area contributed by atoms with Crippen LogP contribution in [0.3, 0.4) is 0 Å². The molecule has 0 saturated heterocycles. The Bertz CT molecular complexity index is 409. The highest BCUT2D eigenvalue weighted by Gasteiger charge is 2.32. The number of halogens is 3. The first kappa shape index (κ1) is 11.2. The van der Waals surface area contributed by atoms with Gasteiger partial charge in [0.2, 0.25) is 0 Å². The lowest BCUT2D eigenvalue weighted by molar-refractivity contribution is -0.137. The summed E-state index contributed by atoms with van der Waals surface area (Å²) in [5, 5.41) is 0. The molecule has 1 atom stereocenters. The van der Waals surface area contributed by atoms with Crippen LogP contribution in [0.1, 0.15) is 36.3 Å². The Balaban J connectivity index is 2.32. The average molecular weight is 228 g/mol. The summed E-state index contributed by atoms with van der Waals surface area (Å²) in [5.74, 6) is -0.276. The lowest BCUT2D eigenvalue weighted by Gasteiger charge is -2.12. The van der Waals surface area contributed by atoms with E-state index < -0.39 is 11.7 Å². The van der Waals surface area contributed by atoms with Gasteiger partial charge in [0.05, 0.1) is 5.56 Å². The van der Waals surface area contributed by atoms with E-state index in [9.17, 15) is 18.0 Å². The monoisotopic (exact) mass is 228 g/mol. The molecule has 86 valence electrons. The molecule has 2 rings (SSSR count). The molecule has 0 bridgehead atoms. The minimum atomic E-state index is -4.34. The number of ketones is 1. The second-order valence-electron chi connectivity index (χ2n) is 4.03. The Labute approximate surface area is 91.3 Å². The van der Waals surface area contributed by atoms with E-state index in [2.05, 4.69) is 0 Å². The molecule has 1 nitrogen and oxygen atoms in total. The lowest BCUT2D eigenvalue weighted by atomic mass is 9.95. The van der Waals surface area contributed by atoms with Gasteiger partial charge in [-0.05, 0) is 24.5 Å². The Hall–Kier alpha value is -1.32. The molecule has 0 heterocycles. The van der Waals surface area contributed by atoms with Gasteiger partial charge < -0.3 is 0 Å². The van der Waals surface area contributed by atoms with Crippen LogP contribution in [0.25, 0.3) is 0 Å². The summed E-state index contributed by atoms with van der Waals surface area (Å²) in [7, 11) is 0. The van der Waals surface area contributed by atoms with Gasteiger partial charge in [0, 0.05) is 12.3 Å². The number of rotatable bonds is 1. The van der Waals surface area contributed by atoms with Gasteiger partial charge >= 0.3 is 6.18 Å². The van der Waals surface area contributed by atoms with Crippen LogP contribution in [0.15, 0.2) is 24.3 Å². The number of carbonyl (C=O) groups excluding carboxylic acids is 1. The highest BCUT2D eigenvalue weighted by atomic mass is 19.4. The number of Topliss-reactive ketones (excluding diaryl/α,β-unsaturated/α-hetero) is 1. The van der Waals surface area contributed by atoms with Crippen molar-refractivity contribution >= 4 is 5.78 Å². The van der Waals surface area contributed by atoms with Gasteiger partial charge in [-0.3, -0.25) is 4.79 Å². The topological polar surface area (TPSA) is 17.1 Å². The van der Waals surface area contributed by atoms with E-state index in [-0.39, 0.29) is 11.7 Å². The molecule has 1 aromatic carbocycles. The van der Waals surface area contributed by atoms with Crippen LogP contribution in [0.4, 0.5) is 13.2 Å². The molecular weight excluding hydrogens is 217 g/mol. The highest BCUT2D eigenvalue weighted by Crippen LogP contribution is 2.35. The third kappa shape index (κ3) is 2.10. The average Bonchev–Trinajstić information content (AvgIpc) is 2.63. The van der Waals surface area contributed by atoms with Crippen molar-refractivity contribution in [3.05, 3.63) is 35.4 Å². The minimum Gasteiger partial charge on any atom is -0.299 e. The highest BCUT2D eigenvalue weighted by molar-refractivity contribution is 5.87. The van der Waals surface area contributed by atoms with Crippen LogP contribution in [0.5, 0.6) is 0 Å². The first-order valence-electron chi connectivity index (χ1n) is 5.18. The van der Waals surface area contributed by atoms with Gasteiger partial charge in [0.1, 0.15) is 5.78 Å². The summed E-state index contributed by atoms with van der Waals surface area (Å²) in [6, 6.07) is 5.09. The van der Waals surface area contributed by atoms with Gasteiger partial charge in [0.25, 0.3) is 0 Å². The lowest BCUT2D eigenvalue weighted by Crippen LogP contribution is -2.08. The molecule has 16 heavy (non-hydrogen) atoms. The van der Waals surface area contributed by atoms with Crippen LogP contribution in [0, 0.1) is 0 Å². The zero-order valence-corrected chi connectivity index (χ0v) is 8.55. The van der Waals surface area contributed by atoms with Crippen LogP contribution < -0.4 is 0 Å². The molecule has 4 heteroatoms. The van der Waals surface area contributed by atoms with E-state index in [4.69, 9.17) is 0 Å². The van der Waals surface area contributed by atoms with E-state index in [0.717, 1.165) is 18.6 Å². The van der Waals surface area contributed by atoms with Crippen LogP contribution in [-0.4, -0.2) is 5.78 Å². The molecule has 0 radical (unpaired) electrons. The summed E-state index contributed by atoms with van der Waals surface area (Å²) in [4.78, 5) is 11.5. The van der Waals surface area contributed by atoms with Crippen LogP contribution in [0.2, 0.25) is 0 Å². The van der Waals surface area contributed by atoms with Gasteiger partial charge in [-0.2, -0.15) is 13.2 Å². The molecule has 0 N–H and O–H groups in total. The third-order valence-corrected chi connectivity index (χ3v) is 2.92. The van der Waals surface area contributed by atoms with Crippen LogP contribution >= 0.6 is 0 Å². The Morgan fingerprint density at radius 2 is 2.00 bits per heavy atom. The normalized spacial score (nSPS) is 21.4. The van der Waals surface area contributed by atoms with E-state index in [1.807, 2.05) is 0 Å². The zero-order valence-electron chi connectivity index (χ0n) is 8.55. The van der Waals surface area contributed by atoms with E-state index >= 15 is 0 Å². The second-order valence-corrected chi connectivity index (χ2v) is 4.03. The molecule has 1 aliphatic rings. The second kappa shape index (κ2) is 3.92. The van der Waals surface area contributed by atoms with Crippen molar-refractivity contribution < 1.29 is 18.0 Å². The maximum atomic E-state index is 12.5. The Morgan fingerprint density at radius 3 is 2.56 bits per heavy atom. The molecule has 1 fully saturated rings. The van der Waals surface area contributed by atoms with Crippen LogP contribution in [-0.2, 0) is 11.0 Å². The number of hydrogen-bond donors (Lipinski definition) is 0. The van der Waals surface area contributed by atoms with Crippen molar-refractivity contribution in [1.29, 1.82) is 0 Å². The molecule has 0 unspecified atom stereocenters. The van der Waals surface area contributed by atoms with E-state index in [0.29, 0.717) is 18.4 Å². The maximum absolute atomic E-state index is 12.5. The van der Waals surface area contributed by atoms with E-state index in [1.165, 1.54) is 6.07 Å². The predicted molar refractivity (Wildman–Crippen MR) is 53.0 cm³/mol. The van der Waals surface area contributed by atoms with Gasteiger partial charge in [-0.25, -0.2) is 0 Å². The Kier molecular flexibility index (Phi) is 2.74. The molecular formula is C12H11F3O. The molecule has 0 spiro atoms. The third-order valence-electron chi connectivity index (χ3n) is 2.92. The smallest absolute Gasteiger partial charge is 0.299 e. The van der Waals surface area contributed by atoms with Crippen molar-refractivity contribution in [3.63, 3.8) is 0 Å². The molecule has 0 aromatic heterocycles. The van der Waals surface area contributed by atoms with Crippen molar-refractivity contribution in [1.82, 2.24) is 0 Å². The standard InChI is InChI=1S/C12H11F3O/c13-12(14,15)9-4-1-3-8(7-9)10-5-2-6-11(10)16/h1,3-4,7,10H,2,5-6H2/t10-/m1/s1. The summed E-state index contributed by atoms with van der Waals surface area (Å²) in [6.45, 7) is 0. The fourth-order valence-electron chi connectivity index (χ4n) is 2.10. The summed E-state index contributed by atoms with van der Waals surface area (Å²) in [5.41, 5.74) is -0.179. The SMILES string of the molecule is O=C1CCC[C@@H]1c1cccc(C(F)(F)F)c1. The zero-order chi connectivity index (χ0) is 11.8. The summed E-state index contributed by atoms with van der Waals surface area (Å²) < 4.78 is 37.4. The number of hydrogen-bond acceptors (Lipinski definition) is 1. The van der Waals surface area contributed by atoms with E-state index in [1.54, 1.807) is 6.07 Å². The van der Waals surface area contributed by atoms with Gasteiger partial charge in [-0.1, -0.05) is 18.2 Å². The quantitative estimate of drug-likeness (QED) is 0.718. The molecule has 1 aliphatic carbocycles.